The van der Waals surface area contributed by atoms with E-state index in [9.17, 15) is 4.79 Å². The van der Waals surface area contributed by atoms with Crippen LogP contribution in [0.5, 0.6) is 5.75 Å². The lowest BCUT2D eigenvalue weighted by molar-refractivity contribution is -0.142. The number of ether oxygens (including phenoxy) is 2. The molecular weight excluding hydrogens is 220 g/mol. The predicted molar refractivity (Wildman–Crippen MR) is 64.2 cm³/mol. The molecule has 1 aromatic rings. The van der Waals surface area contributed by atoms with Gasteiger partial charge < -0.3 is 20.1 Å². The number of rotatable bonds is 2. The van der Waals surface area contributed by atoms with Crippen LogP contribution in [0.2, 0.25) is 0 Å². The number of fused-ring (bicyclic) bond motifs is 1. The minimum Gasteiger partial charge on any atom is -0.490 e. The van der Waals surface area contributed by atoms with Crippen molar-refractivity contribution in [1.29, 1.82) is 0 Å². The molecule has 1 unspecified atom stereocenters. The molecule has 0 aromatic heterocycles. The predicted octanol–water partition coefficient (Wildman–Crippen LogP) is 0.688. The van der Waals surface area contributed by atoms with Crippen LogP contribution in [0.1, 0.15) is 11.6 Å². The van der Waals surface area contributed by atoms with Gasteiger partial charge in [-0.15, -0.1) is 0 Å². The summed E-state index contributed by atoms with van der Waals surface area (Å²) in [7, 11) is 3.31. The number of carbonyl (C=O) groups is 1. The number of benzene rings is 1. The number of esters is 1. The molecule has 2 rings (SSSR count). The van der Waals surface area contributed by atoms with Crippen molar-refractivity contribution in [3.8, 4) is 5.75 Å². The first-order valence-corrected chi connectivity index (χ1v) is 5.45. The van der Waals surface area contributed by atoms with Crippen molar-refractivity contribution in [1.82, 2.24) is 0 Å². The summed E-state index contributed by atoms with van der Waals surface area (Å²) >= 11 is 0. The standard InChI is InChI=1S/C12H16N2O3/c1-14-5-6-17-10-4-3-8(7-9(10)14)11(13)12(15)16-2/h3-4,7,11H,5-6,13H2,1-2H3. The Balaban J connectivity index is 2.32. The third kappa shape index (κ3) is 2.19. The van der Waals surface area contributed by atoms with Crippen molar-refractivity contribution in [2.45, 2.75) is 6.04 Å². The molecule has 0 saturated heterocycles. The van der Waals surface area contributed by atoms with Gasteiger partial charge in [-0.1, -0.05) is 6.07 Å². The Morgan fingerprint density at radius 1 is 1.59 bits per heavy atom. The second kappa shape index (κ2) is 4.63. The van der Waals surface area contributed by atoms with Crippen molar-refractivity contribution >= 4 is 11.7 Å². The molecule has 92 valence electrons. The normalized spacial score (nSPS) is 15.8. The number of anilines is 1. The fraction of sp³-hybridized carbons (Fsp3) is 0.417. The van der Waals surface area contributed by atoms with Gasteiger partial charge in [0, 0.05) is 7.05 Å². The second-order valence-electron chi connectivity index (χ2n) is 4.00. The topological polar surface area (TPSA) is 64.8 Å². The van der Waals surface area contributed by atoms with E-state index >= 15 is 0 Å². The maximum Gasteiger partial charge on any atom is 0.327 e. The van der Waals surface area contributed by atoms with E-state index in [0.29, 0.717) is 6.61 Å². The number of hydrogen-bond acceptors (Lipinski definition) is 5. The first-order chi connectivity index (χ1) is 8.13. The van der Waals surface area contributed by atoms with E-state index in [1.165, 1.54) is 7.11 Å². The Hall–Kier alpha value is -1.75. The summed E-state index contributed by atoms with van der Waals surface area (Å²) in [5.41, 5.74) is 7.48. The highest BCUT2D eigenvalue weighted by atomic mass is 16.5. The van der Waals surface area contributed by atoms with Crippen LogP contribution in [0.3, 0.4) is 0 Å². The SMILES string of the molecule is COC(=O)C(N)c1ccc2c(c1)N(C)CCO2. The van der Waals surface area contributed by atoms with E-state index in [1.54, 1.807) is 6.07 Å². The van der Waals surface area contributed by atoms with Gasteiger partial charge >= 0.3 is 5.97 Å². The lowest BCUT2D eigenvalue weighted by Gasteiger charge is -2.28. The Bertz CT molecular complexity index is 434. The summed E-state index contributed by atoms with van der Waals surface area (Å²) in [6.07, 6.45) is 0. The van der Waals surface area contributed by atoms with E-state index in [2.05, 4.69) is 9.64 Å². The average Bonchev–Trinajstić information content (AvgIpc) is 2.37. The zero-order valence-electron chi connectivity index (χ0n) is 9.97. The summed E-state index contributed by atoms with van der Waals surface area (Å²) in [5, 5.41) is 0. The van der Waals surface area contributed by atoms with Crippen molar-refractivity contribution in [2.75, 3.05) is 32.2 Å². The molecule has 0 amide bonds. The Morgan fingerprint density at radius 3 is 3.06 bits per heavy atom. The van der Waals surface area contributed by atoms with Crippen molar-refractivity contribution in [3.05, 3.63) is 23.8 Å². The lowest BCUT2D eigenvalue weighted by Crippen LogP contribution is -2.29. The van der Waals surface area contributed by atoms with E-state index < -0.39 is 12.0 Å². The zero-order chi connectivity index (χ0) is 12.4. The van der Waals surface area contributed by atoms with Crippen LogP contribution in [-0.4, -0.2) is 33.3 Å². The number of nitrogens with zero attached hydrogens (tertiary/aromatic N) is 1. The number of methoxy groups -OCH3 is 1. The molecule has 1 aromatic carbocycles. The number of carbonyl (C=O) groups excluding carboxylic acids is 1. The highest BCUT2D eigenvalue weighted by Gasteiger charge is 2.20. The number of likely N-dealkylation sites (N-methyl/N-ethyl adjacent to an activating group) is 1. The third-order valence-electron chi connectivity index (χ3n) is 2.89. The van der Waals surface area contributed by atoms with Crippen LogP contribution < -0.4 is 15.4 Å². The molecule has 17 heavy (non-hydrogen) atoms. The summed E-state index contributed by atoms with van der Waals surface area (Å²) in [4.78, 5) is 13.4. The zero-order valence-corrected chi connectivity index (χ0v) is 9.97. The maximum absolute atomic E-state index is 11.4. The molecule has 5 heteroatoms. The molecule has 0 radical (unpaired) electrons. The molecule has 0 aliphatic carbocycles. The van der Waals surface area contributed by atoms with Gasteiger partial charge in [-0.3, -0.25) is 4.79 Å². The van der Waals surface area contributed by atoms with Gasteiger partial charge in [0.15, 0.2) is 0 Å². The smallest absolute Gasteiger partial charge is 0.327 e. The molecule has 1 heterocycles. The van der Waals surface area contributed by atoms with Crippen LogP contribution in [0.25, 0.3) is 0 Å². The summed E-state index contributed by atoms with van der Waals surface area (Å²) in [6.45, 7) is 1.50. The van der Waals surface area contributed by atoms with Gasteiger partial charge in [0.25, 0.3) is 0 Å². The molecule has 1 aliphatic rings. The molecule has 0 spiro atoms. The molecule has 0 bridgehead atoms. The second-order valence-corrected chi connectivity index (χ2v) is 4.00. The fourth-order valence-electron chi connectivity index (χ4n) is 1.82. The molecule has 2 N–H and O–H groups in total. The Kier molecular flexibility index (Phi) is 3.19. The number of nitrogens with two attached hydrogens (primary N) is 1. The van der Waals surface area contributed by atoms with Gasteiger partial charge in [-0.25, -0.2) is 0 Å². The Labute approximate surface area is 100 Å². The molecule has 1 aliphatic heterocycles. The third-order valence-corrected chi connectivity index (χ3v) is 2.89. The molecule has 0 saturated carbocycles. The summed E-state index contributed by atoms with van der Waals surface area (Å²) in [5.74, 6) is 0.379. The quantitative estimate of drug-likeness (QED) is 0.765. The monoisotopic (exact) mass is 236 g/mol. The van der Waals surface area contributed by atoms with Crippen LogP contribution in [0, 0.1) is 0 Å². The van der Waals surface area contributed by atoms with Crippen LogP contribution in [0.4, 0.5) is 5.69 Å². The minimum absolute atomic E-state index is 0.440. The highest BCUT2D eigenvalue weighted by molar-refractivity contribution is 5.78. The summed E-state index contributed by atoms with van der Waals surface area (Å²) < 4.78 is 10.1. The van der Waals surface area contributed by atoms with Crippen molar-refractivity contribution < 1.29 is 14.3 Å². The Morgan fingerprint density at radius 2 is 2.35 bits per heavy atom. The van der Waals surface area contributed by atoms with Crippen LogP contribution in [-0.2, 0) is 9.53 Å². The van der Waals surface area contributed by atoms with E-state index in [4.69, 9.17) is 10.5 Å². The fourth-order valence-corrected chi connectivity index (χ4v) is 1.82. The van der Waals surface area contributed by atoms with Gasteiger partial charge in [0.1, 0.15) is 18.4 Å². The van der Waals surface area contributed by atoms with Crippen molar-refractivity contribution in [2.24, 2.45) is 5.73 Å². The summed E-state index contributed by atoms with van der Waals surface area (Å²) in [6, 6.07) is 4.75. The van der Waals surface area contributed by atoms with E-state index in [0.717, 1.165) is 23.5 Å². The lowest BCUT2D eigenvalue weighted by atomic mass is 10.1. The average molecular weight is 236 g/mol. The maximum atomic E-state index is 11.4. The molecule has 0 fully saturated rings. The van der Waals surface area contributed by atoms with E-state index in [-0.39, 0.29) is 0 Å². The van der Waals surface area contributed by atoms with Gasteiger partial charge in [-0.2, -0.15) is 0 Å². The first kappa shape index (κ1) is 11.7. The molecular formula is C12H16N2O3. The van der Waals surface area contributed by atoms with E-state index in [1.807, 2.05) is 19.2 Å². The van der Waals surface area contributed by atoms with Crippen LogP contribution >= 0.6 is 0 Å². The largest absolute Gasteiger partial charge is 0.490 e. The number of hydrogen-bond donors (Lipinski definition) is 1. The van der Waals surface area contributed by atoms with Crippen molar-refractivity contribution in [3.63, 3.8) is 0 Å². The first-order valence-electron chi connectivity index (χ1n) is 5.45. The minimum atomic E-state index is -0.749. The van der Waals surface area contributed by atoms with Gasteiger partial charge in [0.05, 0.1) is 19.3 Å². The van der Waals surface area contributed by atoms with Gasteiger partial charge in [0.2, 0.25) is 0 Å². The highest BCUT2D eigenvalue weighted by Crippen LogP contribution is 2.32. The van der Waals surface area contributed by atoms with Gasteiger partial charge in [-0.05, 0) is 17.7 Å². The molecule has 5 nitrogen and oxygen atoms in total. The van der Waals surface area contributed by atoms with Crippen LogP contribution in [0.15, 0.2) is 18.2 Å². The molecule has 1 atom stereocenters.